The van der Waals surface area contributed by atoms with E-state index in [-0.39, 0.29) is 0 Å². The quantitative estimate of drug-likeness (QED) is 0.551. The van der Waals surface area contributed by atoms with E-state index in [2.05, 4.69) is 6.58 Å². The fraction of sp³-hybridized carbons (Fsp3) is 0.273. The van der Waals surface area contributed by atoms with Crippen LogP contribution in [0.4, 0.5) is 0 Å². The minimum absolute atomic E-state index is 0.578. The van der Waals surface area contributed by atoms with Crippen LogP contribution in [0.2, 0.25) is 0 Å². The molecule has 13 heavy (non-hydrogen) atoms. The van der Waals surface area contributed by atoms with Gasteiger partial charge in [-0.25, -0.2) is 0 Å². The molecule has 0 spiro atoms. The van der Waals surface area contributed by atoms with Crippen LogP contribution in [0.5, 0.6) is 0 Å². The van der Waals surface area contributed by atoms with Crippen LogP contribution in [0.1, 0.15) is 12.0 Å². The van der Waals surface area contributed by atoms with Gasteiger partial charge in [0.25, 0.3) is 0 Å². The first kappa shape index (κ1) is 9.96. The predicted octanol–water partition coefficient (Wildman–Crippen LogP) is 2.45. The van der Waals surface area contributed by atoms with Crippen LogP contribution in [0.25, 0.3) is 0 Å². The Morgan fingerprint density at radius 2 is 2.00 bits per heavy atom. The van der Waals surface area contributed by atoms with Crippen molar-refractivity contribution in [2.75, 3.05) is 6.54 Å². The monoisotopic (exact) mass is 177 g/mol. The normalized spacial score (nSPS) is 10.3. The SMILES string of the molecule is C=CCCN(O)Cc1ccccc1. The lowest BCUT2D eigenvalue weighted by Crippen LogP contribution is -2.19. The van der Waals surface area contributed by atoms with Gasteiger partial charge in [0.1, 0.15) is 0 Å². The Hall–Kier alpha value is -1.12. The Labute approximate surface area is 79.1 Å². The molecule has 1 aromatic rings. The lowest BCUT2D eigenvalue weighted by Gasteiger charge is -2.13. The third-order valence-corrected chi connectivity index (χ3v) is 1.80. The molecular formula is C11H15NO. The first-order valence-electron chi connectivity index (χ1n) is 4.41. The van der Waals surface area contributed by atoms with Gasteiger partial charge in [-0.05, 0) is 12.0 Å². The topological polar surface area (TPSA) is 23.5 Å². The minimum atomic E-state index is 0.578. The molecule has 0 saturated heterocycles. The predicted molar refractivity (Wildman–Crippen MR) is 53.5 cm³/mol. The Morgan fingerprint density at radius 3 is 2.62 bits per heavy atom. The third kappa shape index (κ3) is 3.87. The van der Waals surface area contributed by atoms with Gasteiger partial charge in [0.2, 0.25) is 0 Å². The maximum absolute atomic E-state index is 9.42. The lowest BCUT2D eigenvalue weighted by molar-refractivity contribution is -0.0977. The summed E-state index contributed by atoms with van der Waals surface area (Å²) in [4.78, 5) is 0. The molecule has 0 unspecified atom stereocenters. The minimum Gasteiger partial charge on any atom is -0.314 e. The number of benzene rings is 1. The van der Waals surface area contributed by atoms with E-state index in [1.54, 1.807) is 6.08 Å². The number of hydrogen-bond donors (Lipinski definition) is 1. The van der Waals surface area contributed by atoms with Gasteiger partial charge in [-0.3, -0.25) is 0 Å². The average Bonchev–Trinajstić information content (AvgIpc) is 2.16. The second kappa shape index (κ2) is 5.51. The van der Waals surface area contributed by atoms with Gasteiger partial charge in [0.15, 0.2) is 0 Å². The van der Waals surface area contributed by atoms with Crippen molar-refractivity contribution in [3.8, 4) is 0 Å². The smallest absolute Gasteiger partial charge is 0.0488 e. The maximum Gasteiger partial charge on any atom is 0.0488 e. The van der Waals surface area contributed by atoms with E-state index in [0.717, 1.165) is 12.0 Å². The molecule has 2 nitrogen and oxygen atoms in total. The Kier molecular flexibility index (Phi) is 4.23. The summed E-state index contributed by atoms with van der Waals surface area (Å²) in [6, 6.07) is 9.90. The van der Waals surface area contributed by atoms with Crippen molar-refractivity contribution >= 4 is 0 Å². The summed E-state index contributed by atoms with van der Waals surface area (Å²) in [5.74, 6) is 0. The number of rotatable bonds is 5. The van der Waals surface area contributed by atoms with E-state index in [0.29, 0.717) is 13.1 Å². The molecule has 1 N–H and O–H groups in total. The molecular weight excluding hydrogens is 162 g/mol. The van der Waals surface area contributed by atoms with Gasteiger partial charge in [0.05, 0.1) is 0 Å². The molecule has 0 radical (unpaired) electrons. The molecule has 1 aromatic carbocycles. The fourth-order valence-electron chi connectivity index (χ4n) is 1.11. The van der Waals surface area contributed by atoms with Crippen molar-refractivity contribution in [2.24, 2.45) is 0 Å². The summed E-state index contributed by atoms with van der Waals surface area (Å²) >= 11 is 0. The molecule has 1 rings (SSSR count). The van der Waals surface area contributed by atoms with Gasteiger partial charge in [-0.1, -0.05) is 36.4 Å². The highest BCUT2D eigenvalue weighted by Gasteiger charge is 1.99. The largest absolute Gasteiger partial charge is 0.314 e. The van der Waals surface area contributed by atoms with Crippen molar-refractivity contribution in [2.45, 2.75) is 13.0 Å². The van der Waals surface area contributed by atoms with Crippen LogP contribution < -0.4 is 0 Å². The molecule has 70 valence electrons. The molecule has 0 aliphatic heterocycles. The maximum atomic E-state index is 9.42. The van der Waals surface area contributed by atoms with Gasteiger partial charge < -0.3 is 5.21 Å². The summed E-state index contributed by atoms with van der Waals surface area (Å²) in [6.07, 6.45) is 2.61. The summed E-state index contributed by atoms with van der Waals surface area (Å²) in [5, 5.41) is 10.7. The van der Waals surface area contributed by atoms with Crippen LogP contribution in [0.15, 0.2) is 43.0 Å². The molecule has 0 bridgehead atoms. The molecule has 0 fully saturated rings. The molecule has 0 amide bonds. The van der Waals surface area contributed by atoms with Gasteiger partial charge in [-0.15, -0.1) is 6.58 Å². The highest BCUT2D eigenvalue weighted by atomic mass is 16.5. The Balaban J connectivity index is 2.36. The van der Waals surface area contributed by atoms with E-state index in [1.807, 2.05) is 30.3 Å². The molecule has 0 atom stereocenters. The summed E-state index contributed by atoms with van der Waals surface area (Å²) in [5.41, 5.74) is 1.12. The second-order valence-electron chi connectivity index (χ2n) is 2.95. The standard InChI is InChI=1S/C11H15NO/c1-2-3-9-12(13)10-11-7-5-4-6-8-11/h2,4-8,13H,1,3,9-10H2. The number of nitrogens with zero attached hydrogens (tertiary/aromatic N) is 1. The first-order chi connectivity index (χ1) is 6.33. The van der Waals surface area contributed by atoms with Gasteiger partial charge in [0, 0.05) is 13.1 Å². The summed E-state index contributed by atoms with van der Waals surface area (Å²) in [6.45, 7) is 4.82. The molecule has 0 aliphatic carbocycles. The first-order valence-corrected chi connectivity index (χ1v) is 4.41. The van der Waals surface area contributed by atoms with E-state index >= 15 is 0 Å². The fourth-order valence-corrected chi connectivity index (χ4v) is 1.11. The average molecular weight is 177 g/mol. The third-order valence-electron chi connectivity index (χ3n) is 1.80. The number of hydroxylamine groups is 2. The summed E-state index contributed by atoms with van der Waals surface area (Å²) in [7, 11) is 0. The van der Waals surface area contributed by atoms with E-state index in [4.69, 9.17) is 0 Å². The Morgan fingerprint density at radius 1 is 1.31 bits per heavy atom. The highest BCUT2D eigenvalue weighted by molar-refractivity contribution is 5.13. The Bertz CT molecular complexity index is 246. The van der Waals surface area contributed by atoms with E-state index in [9.17, 15) is 5.21 Å². The number of hydrogen-bond acceptors (Lipinski definition) is 2. The second-order valence-corrected chi connectivity index (χ2v) is 2.95. The van der Waals surface area contributed by atoms with Crippen molar-refractivity contribution in [3.63, 3.8) is 0 Å². The van der Waals surface area contributed by atoms with E-state index in [1.165, 1.54) is 5.06 Å². The molecule has 2 heteroatoms. The van der Waals surface area contributed by atoms with Crippen molar-refractivity contribution < 1.29 is 5.21 Å². The van der Waals surface area contributed by atoms with Crippen molar-refractivity contribution in [1.82, 2.24) is 5.06 Å². The van der Waals surface area contributed by atoms with Gasteiger partial charge >= 0.3 is 0 Å². The molecule has 0 aliphatic rings. The lowest BCUT2D eigenvalue weighted by atomic mass is 10.2. The van der Waals surface area contributed by atoms with Crippen molar-refractivity contribution in [1.29, 1.82) is 0 Å². The van der Waals surface area contributed by atoms with Crippen LogP contribution in [0.3, 0.4) is 0 Å². The molecule has 0 heterocycles. The van der Waals surface area contributed by atoms with Gasteiger partial charge in [-0.2, -0.15) is 5.06 Å². The molecule has 0 aromatic heterocycles. The van der Waals surface area contributed by atoms with Crippen LogP contribution >= 0.6 is 0 Å². The zero-order valence-electron chi connectivity index (χ0n) is 7.69. The zero-order chi connectivity index (χ0) is 9.52. The van der Waals surface area contributed by atoms with Crippen molar-refractivity contribution in [3.05, 3.63) is 48.6 Å². The highest BCUT2D eigenvalue weighted by Crippen LogP contribution is 2.02. The zero-order valence-corrected chi connectivity index (χ0v) is 7.69. The van der Waals surface area contributed by atoms with Crippen LogP contribution in [-0.2, 0) is 6.54 Å². The van der Waals surface area contributed by atoms with Crippen LogP contribution in [-0.4, -0.2) is 16.8 Å². The molecule has 0 saturated carbocycles. The van der Waals surface area contributed by atoms with E-state index < -0.39 is 0 Å². The van der Waals surface area contributed by atoms with Crippen LogP contribution in [0, 0.1) is 0 Å². The summed E-state index contributed by atoms with van der Waals surface area (Å²) < 4.78 is 0.